The Morgan fingerprint density at radius 1 is 1.47 bits per heavy atom. The highest BCUT2D eigenvalue weighted by atomic mass is 32.1. The van der Waals surface area contributed by atoms with Gasteiger partial charge in [0.15, 0.2) is 5.82 Å². The van der Waals surface area contributed by atoms with Gasteiger partial charge in [0.1, 0.15) is 0 Å². The molecule has 4 nitrogen and oxygen atoms in total. The standard InChI is InChI=1S/C12H17N3OS/c1-8(2)6-10(13)12-14-11(15-16-12)7-9-4-3-5-17-9/h3-5,8,10H,6-7,13H2,1-2H3. The van der Waals surface area contributed by atoms with Crippen LogP contribution < -0.4 is 5.73 Å². The van der Waals surface area contributed by atoms with Gasteiger partial charge in [-0.2, -0.15) is 4.98 Å². The Hall–Kier alpha value is -1.20. The van der Waals surface area contributed by atoms with E-state index in [-0.39, 0.29) is 6.04 Å². The fourth-order valence-electron chi connectivity index (χ4n) is 1.67. The molecule has 2 aromatic heterocycles. The van der Waals surface area contributed by atoms with Crippen molar-refractivity contribution in [3.8, 4) is 0 Å². The van der Waals surface area contributed by atoms with Crippen LogP contribution in [0.15, 0.2) is 22.0 Å². The molecule has 0 bridgehead atoms. The van der Waals surface area contributed by atoms with E-state index in [4.69, 9.17) is 10.3 Å². The Balaban J connectivity index is 2.00. The lowest BCUT2D eigenvalue weighted by Crippen LogP contribution is -2.13. The van der Waals surface area contributed by atoms with Gasteiger partial charge >= 0.3 is 0 Å². The van der Waals surface area contributed by atoms with Gasteiger partial charge in [-0.15, -0.1) is 11.3 Å². The summed E-state index contributed by atoms with van der Waals surface area (Å²) in [5.41, 5.74) is 5.99. The predicted molar refractivity (Wildman–Crippen MR) is 67.8 cm³/mol. The molecular formula is C12H17N3OS. The minimum Gasteiger partial charge on any atom is -0.338 e. The van der Waals surface area contributed by atoms with Crippen LogP contribution in [0, 0.1) is 5.92 Å². The smallest absolute Gasteiger partial charge is 0.243 e. The van der Waals surface area contributed by atoms with E-state index in [1.165, 1.54) is 4.88 Å². The van der Waals surface area contributed by atoms with Gasteiger partial charge in [0, 0.05) is 11.3 Å². The molecule has 1 atom stereocenters. The van der Waals surface area contributed by atoms with Crippen LogP contribution in [-0.4, -0.2) is 10.1 Å². The third-order valence-electron chi connectivity index (χ3n) is 2.44. The Morgan fingerprint density at radius 3 is 2.94 bits per heavy atom. The minimum absolute atomic E-state index is 0.153. The summed E-state index contributed by atoms with van der Waals surface area (Å²) in [6.45, 7) is 4.26. The predicted octanol–water partition coefficient (Wildman–Crippen LogP) is 2.77. The van der Waals surface area contributed by atoms with E-state index in [1.807, 2.05) is 11.4 Å². The molecule has 2 heterocycles. The van der Waals surface area contributed by atoms with Gasteiger partial charge in [0.2, 0.25) is 5.89 Å². The van der Waals surface area contributed by atoms with E-state index < -0.39 is 0 Å². The highest BCUT2D eigenvalue weighted by Crippen LogP contribution is 2.18. The van der Waals surface area contributed by atoms with Crippen LogP contribution in [0.5, 0.6) is 0 Å². The Labute approximate surface area is 105 Å². The van der Waals surface area contributed by atoms with Crippen LogP contribution >= 0.6 is 11.3 Å². The average Bonchev–Trinajstić information content (AvgIpc) is 2.88. The van der Waals surface area contributed by atoms with Crippen LogP contribution in [0.1, 0.15) is 42.9 Å². The lowest BCUT2D eigenvalue weighted by molar-refractivity contribution is 0.333. The van der Waals surface area contributed by atoms with Crippen molar-refractivity contribution in [2.24, 2.45) is 11.7 Å². The van der Waals surface area contributed by atoms with E-state index in [1.54, 1.807) is 11.3 Å². The van der Waals surface area contributed by atoms with E-state index >= 15 is 0 Å². The average molecular weight is 251 g/mol. The molecule has 0 spiro atoms. The summed E-state index contributed by atoms with van der Waals surface area (Å²) >= 11 is 1.69. The van der Waals surface area contributed by atoms with Crippen LogP contribution in [0.3, 0.4) is 0 Å². The fraction of sp³-hybridized carbons (Fsp3) is 0.500. The third kappa shape index (κ3) is 3.38. The molecule has 0 fully saturated rings. The summed E-state index contributed by atoms with van der Waals surface area (Å²) in [4.78, 5) is 5.57. The Morgan fingerprint density at radius 2 is 2.29 bits per heavy atom. The maximum absolute atomic E-state index is 5.99. The van der Waals surface area contributed by atoms with Crippen molar-refractivity contribution in [2.45, 2.75) is 32.7 Å². The topological polar surface area (TPSA) is 64.9 Å². The molecule has 5 heteroatoms. The number of rotatable bonds is 5. The van der Waals surface area contributed by atoms with Gasteiger partial charge in [0.25, 0.3) is 0 Å². The second-order valence-electron chi connectivity index (χ2n) is 4.54. The van der Waals surface area contributed by atoms with Crippen molar-refractivity contribution in [1.82, 2.24) is 10.1 Å². The summed E-state index contributed by atoms with van der Waals surface area (Å²) in [6, 6.07) is 3.93. The molecular weight excluding hydrogens is 234 g/mol. The number of hydrogen-bond donors (Lipinski definition) is 1. The third-order valence-corrected chi connectivity index (χ3v) is 3.32. The van der Waals surface area contributed by atoms with Crippen molar-refractivity contribution < 1.29 is 4.52 Å². The fourth-order valence-corrected chi connectivity index (χ4v) is 2.37. The number of aromatic nitrogens is 2. The van der Waals surface area contributed by atoms with Crippen molar-refractivity contribution >= 4 is 11.3 Å². The molecule has 1 unspecified atom stereocenters. The zero-order chi connectivity index (χ0) is 12.3. The second kappa shape index (κ2) is 5.42. The van der Waals surface area contributed by atoms with Crippen molar-refractivity contribution in [2.75, 3.05) is 0 Å². The van der Waals surface area contributed by atoms with Gasteiger partial charge in [-0.3, -0.25) is 0 Å². The molecule has 2 aromatic rings. The molecule has 17 heavy (non-hydrogen) atoms. The van der Waals surface area contributed by atoms with Crippen LogP contribution in [-0.2, 0) is 6.42 Å². The van der Waals surface area contributed by atoms with Gasteiger partial charge < -0.3 is 10.3 Å². The highest BCUT2D eigenvalue weighted by Gasteiger charge is 2.16. The molecule has 0 aliphatic heterocycles. The van der Waals surface area contributed by atoms with Crippen LogP contribution in [0.4, 0.5) is 0 Å². The van der Waals surface area contributed by atoms with Crippen molar-refractivity contribution in [3.63, 3.8) is 0 Å². The van der Waals surface area contributed by atoms with Gasteiger partial charge in [0.05, 0.1) is 6.04 Å². The maximum atomic E-state index is 5.99. The molecule has 2 rings (SSSR count). The Kier molecular flexibility index (Phi) is 3.91. The number of hydrogen-bond acceptors (Lipinski definition) is 5. The van der Waals surface area contributed by atoms with E-state index in [2.05, 4.69) is 30.1 Å². The zero-order valence-electron chi connectivity index (χ0n) is 10.1. The first-order chi connectivity index (χ1) is 8.15. The molecule has 0 amide bonds. The molecule has 0 radical (unpaired) electrons. The molecule has 92 valence electrons. The highest BCUT2D eigenvalue weighted by molar-refractivity contribution is 7.09. The summed E-state index contributed by atoms with van der Waals surface area (Å²) in [7, 11) is 0. The van der Waals surface area contributed by atoms with Crippen molar-refractivity contribution in [1.29, 1.82) is 0 Å². The van der Waals surface area contributed by atoms with Crippen molar-refractivity contribution in [3.05, 3.63) is 34.1 Å². The monoisotopic (exact) mass is 251 g/mol. The molecule has 0 saturated carbocycles. The molecule has 0 aliphatic rings. The van der Waals surface area contributed by atoms with Crippen LogP contribution in [0.25, 0.3) is 0 Å². The molecule has 0 aromatic carbocycles. The largest absolute Gasteiger partial charge is 0.338 e. The van der Waals surface area contributed by atoms with Crippen LogP contribution in [0.2, 0.25) is 0 Å². The zero-order valence-corrected chi connectivity index (χ0v) is 10.9. The summed E-state index contributed by atoms with van der Waals surface area (Å²) in [5, 5.41) is 6.00. The first kappa shape index (κ1) is 12.3. The van der Waals surface area contributed by atoms with E-state index in [0.717, 1.165) is 12.8 Å². The molecule has 0 aliphatic carbocycles. The lowest BCUT2D eigenvalue weighted by atomic mass is 10.0. The lowest BCUT2D eigenvalue weighted by Gasteiger charge is -2.08. The molecule has 0 saturated heterocycles. The summed E-state index contributed by atoms with van der Waals surface area (Å²) < 4.78 is 5.19. The minimum atomic E-state index is -0.153. The summed E-state index contributed by atoms with van der Waals surface area (Å²) in [5.74, 6) is 1.78. The van der Waals surface area contributed by atoms with E-state index in [9.17, 15) is 0 Å². The van der Waals surface area contributed by atoms with Gasteiger partial charge in [-0.05, 0) is 23.8 Å². The summed E-state index contributed by atoms with van der Waals surface area (Å²) in [6.07, 6.45) is 1.58. The first-order valence-corrected chi connectivity index (χ1v) is 6.63. The quantitative estimate of drug-likeness (QED) is 0.887. The molecule has 2 N–H and O–H groups in total. The number of thiophene rings is 1. The SMILES string of the molecule is CC(C)CC(N)c1nc(Cc2cccs2)no1. The first-order valence-electron chi connectivity index (χ1n) is 5.75. The second-order valence-corrected chi connectivity index (χ2v) is 5.57. The van der Waals surface area contributed by atoms with E-state index in [0.29, 0.717) is 17.6 Å². The van der Waals surface area contributed by atoms with Gasteiger partial charge in [-0.25, -0.2) is 0 Å². The number of nitrogens with zero attached hydrogens (tertiary/aromatic N) is 2. The van der Waals surface area contributed by atoms with Gasteiger partial charge in [-0.1, -0.05) is 25.1 Å². The number of nitrogens with two attached hydrogens (primary N) is 1. The normalized spacial score (nSPS) is 13.2. The Bertz CT molecular complexity index is 450. The maximum Gasteiger partial charge on any atom is 0.243 e.